The van der Waals surface area contributed by atoms with Gasteiger partial charge in [0.2, 0.25) is 5.91 Å². The Hall–Kier alpha value is -1.82. The average molecular weight is 228 g/mol. The van der Waals surface area contributed by atoms with Crippen LogP contribution in [0.1, 0.15) is 30.9 Å². The number of carbonyl (C=O) groups excluding carboxylic acids is 1. The van der Waals surface area contributed by atoms with E-state index in [0.717, 1.165) is 12.0 Å². The molecule has 1 amide bonds. The summed E-state index contributed by atoms with van der Waals surface area (Å²) in [6.07, 6.45) is 2.35. The van der Waals surface area contributed by atoms with Gasteiger partial charge in [-0.15, -0.1) is 0 Å². The molecular formula is C14H16N2O. The van der Waals surface area contributed by atoms with Crippen LogP contribution in [0.25, 0.3) is 0 Å². The number of hydrogen-bond acceptors (Lipinski definition) is 2. The van der Waals surface area contributed by atoms with Crippen molar-refractivity contribution >= 4 is 5.91 Å². The molecule has 0 heterocycles. The number of nitrogens with zero attached hydrogens (tertiary/aromatic N) is 1. The van der Waals surface area contributed by atoms with Crippen LogP contribution in [0.5, 0.6) is 0 Å². The molecule has 0 radical (unpaired) electrons. The average Bonchev–Trinajstić information content (AvgIpc) is 3.17. The Morgan fingerprint density at radius 3 is 2.59 bits per heavy atom. The normalized spacial score (nSPS) is 16.0. The van der Waals surface area contributed by atoms with Gasteiger partial charge >= 0.3 is 0 Å². The molecule has 0 spiro atoms. The largest absolute Gasteiger partial charge is 0.351 e. The van der Waals surface area contributed by atoms with Gasteiger partial charge in [0.25, 0.3) is 0 Å². The lowest BCUT2D eigenvalue weighted by atomic mass is 10.0. The van der Waals surface area contributed by atoms with Crippen LogP contribution in [0, 0.1) is 16.7 Å². The number of nitriles is 1. The van der Waals surface area contributed by atoms with E-state index in [-0.39, 0.29) is 5.91 Å². The third-order valence-electron chi connectivity index (χ3n) is 3.34. The standard InChI is InChI=1S/C14H16N2O/c1-2-11-5-3-4-6-12(11)9-16-13(17)14(10-15)7-8-14/h3-6H,2,7-9H2,1H3,(H,16,17). The predicted molar refractivity (Wildman–Crippen MR) is 64.9 cm³/mol. The fourth-order valence-electron chi connectivity index (χ4n) is 1.93. The monoisotopic (exact) mass is 228 g/mol. The first-order valence-electron chi connectivity index (χ1n) is 5.98. The molecule has 1 N–H and O–H groups in total. The Labute approximate surface area is 101 Å². The van der Waals surface area contributed by atoms with Gasteiger partial charge < -0.3 is 5.32 Å². The van der Waals surface area contributed by atoms with Gasteiger partial charge in [-0.2, -0.15) is 5.26 Å². The van der Waals surface area contributed by atoms with E-state index in [0.29, 0.717) is 19.4 Å². The number of benzene rings is 1. The van der Waals surface area contributed by atoms with Crippen molar-refractivity contribution in [2.45, 2.75) is 32.7 Å². The molecule has 3 nitrogen and oxygen atoms in total. The Morgan fingerprint density at radius 1 is 1.41 bits per heavy atom. The summed E-state index contributed by atoms with van der Waals surface area (Å²) in [7, 11) is 0. The van der Waals surface area contributed by atoms with Gasteiger partial charge in [-0.3, -0.25) is 4.79 Å². The Kier molecular flexibility index (Phi) is 3.14. The van der Waals surface area contributed by atoms with Gasteiger partial charge in [0.05, 0.1) is 6.07 Å². The highest BCUT2D eigenvalue weighted by Crippen LogP contribution is 2.45. The maximum absolute atomic E-state index is 11.8. The van der Waals surface area contributed by atoms with Crippen molar-refractivity contribution < 1.29 is 4.79 Å². The summed E-state index contributed by atoms with van der Waals surface area (Å²) in [5.41, 5.74) is 1.66. The molecule has 0 atom stereocenters. The third-order valence-corrected chi connectivity index (χ3v) is 3.34. The molecule has 1 fully saturated rings. The second-order valence-electron chi connectivity index (χ2n) is 4.50. The zero-order valence-electron chi connectivity index (χ0n) is 9.99. The lowest BCUT2D eigenvalue weighted by molar-refractivity contribution is -0.124. The molecule has 17 heavy (non-hydrogen) atoms. The number of nitrogens with one attached hydrogen (secondary N) is 1. The predicted octanol–water partition coefficient (Wildman–Crippen LogP) is 2.17. The topological polar surface area (TPSA) is 52.9 Å². The number of aryl methyl sites for hydroxylation is 1. The van der Waals surface area contributed by atoms with Gasteiger partial charge in [-0.1, -0.05) is 31.2 Å². The Bertz CT molecular complexity index is 469. The number of carbonyl (C=O) groups is 1. The minimum absolute atomic E-state index is 0.120. The minimum Gasteiger partial charge on any atom is -0.351 e. The van der Waals surface area contributed by atoms with E-state index in [1.165, 1.54) is 5.56 Å². The van der Waals surface area contributed by atoms with E-state index < -0.39 is 5.41 Å². The smallest absolute Gasteiger partial charge is 0.240 e. The van der Waals surface area contributed by atoms with Crippen LogP contribution in [-0.2, 0) is 17.8 Å². The molecule has 0 aromatic heterocycles. The van der Waals surface area contributed by atoms with Crippen molar-refractivity contribution in [1.29, 1.82) is 5.26 Å². The summed E-state index contributed by atoms with van der Waals surface area (Å²) in [6, 6.07) is 10.2. The van der Waals surface area contributed by atoms with Gasteiger partial charge in [0.1, 0.15) is 5.41 Å². The summed E-state index contributed by atoms with van der Waals surface area (Å²) in [5, 5.41) is 11.8. The highest BCUT2D eigenvalue weighted by atomic mass is 16.2. The van der Waals surface area contributed by atoms with Crippen molar-refractivity contribution in [3.05, 3.63) is 35.4 Å². The van der Waals surface area contributed by atoms with E-state index in [1.807, 2.05) is 18.2 Å². The minimum atomic E-state index is -0.721. The van der Waals surface area contributed by atoms with Gasteiger partial charge in [-0.25, -0.2) is 0 Å². The van der Waals surface area contributed by atoms with E-state index in [2.05, 4.69) is 24.4 Å². The Balaban J connectivity index is 1.99. The molecule has 1 aliphatic rings. The molecule has 0 unspecified atom stereocenters. The van der Waals surface area contributed by atoms with Crippen LogP contribution in [0.4, 0.5) is 0 Å². The van der Waals surface area contributed by atoms with Crippen molar-refractivity contribution in [2.24, 2.45) is 5.41 Å². The molecule has 1 saturated carbocycles. The molecule has 1 aliphatic carbocycles. The number of hydrogen-bond donors (Lipinski definition) is 1. The molecule has 2 rings (SSSR count). The molecule has 88 valence electrons. The van der Waals surface area contributed by atoms with E-state index >= 15 is 0 Å². The second-order valence-corrected chi connectivity index (χ2v) is 4.50. The first-order valence-corrected chi connectivity index (χ1v) is 5.98. The van der Waals surface area contributed by atoms with E-state index in [4.69, 9.17) is 5.26 Å². The van der Waals surface area contributed by atoms with Crippen LogP contribution in [-0.4, -0.2) is 5.91 Å². The summed E-state index contributed by atoms with van der Waals surface area (Å²) in [6.45, 7) is 2.62. The number of rotatable bonds is 4. The van der Waals surface area contributed by atoms with Crippen LogP contribution >= 0.6 is 0 Å². The van der Waals surface area contributed by atoms with Gasteiger partial charge in [0.15, 0.2) is 0 Å². The molecule has 1 aromatic carbocycles. The van der Waals surface area contributed by atoms with E-state index in [9.17, 15) is 4.79 Å². The maximum atomic E-state index is 11.8. The van der Waals surface area contributed by atoms with Crippen molar-refractivity contribution in [3.63, 3.8) is 0 Å². The molecule has 1 aromatic rings. The molecule has 0 bridgehead atoms. The molecule has 3 heteroatoms. The highest BCUT2D eigenvalue weighted by molar-refractivity contribution is 5.88. The van der Waals surface area contributed by atoms with Gasteiger partial charge in [-0.05, 0) is 30.4 Å². The Morgan fingerprint density at radius 2 is 2.06 bits per heavy atom. The maximum Gasteiger partial charge on any atom is 0.240 e. The zero-order valence-corrected chi connectivity index (χ0v) is 9.99. The fourth-order valence-corrected chi connectivity index (χ4v) is 1.93. The quantitative estimate of drug-likeness (QED) is 0.858. The lowest BCUT2D eigenvalue weighted by Gasteiger charge is -2.11. The molecule has 0 aliphatic heterocycles. The summed E-state index contributed by atoms with van der Waals surface area (Å²) < 4.78 is 0. The SMILES string of the molecule is CCc1ccccc1CNC(=O)C1(C#N)CC1. The second kappa shape index (κ2) is 4.58. The van der Waals surface area contributed by atoms with Crippen molar-refractivity contribution in [2.75, 3.05) is 0 Å². The first kappa shape index (κ1) is 11.7. The van der Waals surface area contributed by atoms with E-state index in [1.54, 1.807) is 0 Å². The summed E-state index contributed by atoms with van der Waals surface area (Å²) >= 11 is 0. The number of amides is 1. The summed E-state index contributed by atoms with van der Waals surface area (Å²) in [5.74, 6) is -0.120. The first-order chi connectivity index (χ1) is 8.22. The zero-order chi connectivity index (χ0) is 12.3. The van der Waals surface area contributed by atoms with Crippen LogP contribution < -0.4 is 5.32 Å². The molecular weight excluding hydrogens is 212 g/mol. The van der Waals surface area contributed by atoms with Crippen LogP contribution in [0.2, 0.25) is 0 Å². The highest BCUT2D eigenvalue weighted by Gasteiger charge is 2.50. The third kappa shape index (κ3) is 2.31. The fraction of sp³-hybridized carbons (Fsp3) is 0.429. The van der Waals surface area contributed by atoms with Crippen LogP contribution in [0.3, 0.4) is 0 Å². The van der Waals surface area contributed by atoms with Crippen molar-refractivity contribution in [1.82, 2.24) is 5.32 Å². The summed E-state index contributed by atoms with van der Waals surface area (Å²) in [4.78, 5) is 11.8. The van der Waals surface area contributed by atoms with Crippen LogP contribution in [0.15, 0.2) is 24.3 Å². The lowest BCUT2D eigenvalue weighted by Crippen LogP contribution is -2.30. The van der Waals surface area contributed by atoms with Crippen molar-refractivity contribution in [3.8, 4) is 6.07 Å². The van der Waals surface area contributed by atoms with Gasteiger partial charge in [0, 0.05) is 6.54 Å². The molecule has 0 saturated heterocycles.